The largest absolute Gasteiger partial charge is 0.300 e. The molecule has 0 aliphatic rings. The molecule has 0 aromatic heterocycles. The first-order valence-corrected chi connectivity index (χ1v) is 7.25. The zero-order chi connectivity index (χ0) is 14.5. The van der Waals surface area contributed by atoms with Gasteiger partial charge in [0.25, 0.3) is 0 Å². The van der Waals surface area contributed by atoms with Gasteiger partial charge in [-0.3, -0.25) is 9.59 Å². The number of carbonyl (C=O) groups excluding carboxylic acids is 2. The third-order valence-corrected chi connectivity index (χ3v) is 2.89. The molecule has 0 aliphatic heterocycles. The maximum Gasteiger partial charge on any atom is 0.162 e. The third kappa shape index (κ3) is 9.18. The van der Waals surface area contributed by atoms with Gasteiger partial charge in [0, 0.05) is 24.8 Å². The fourth-order valence-corrected chi connectivity index (χ4v) is 1.55. The van der Waals surface area contributed by atoms with Crippen molar-refractivity contribution in [2.75, 3.05) is 0 Å². The summed E-state index contributed by atoms with van der Waals surface area (Å²) in [5, 5.41) is 0. The van der Waals surface area contributed by atoms with Crippen molar-refractivity contribution < 1.29 is 9.59 Å². The Kier molecular flexibility index (Phi) is 10.8. The van der Waals surface area contributed by atoms with Gasteiger partial charge in [-0.05, 0) is 6.42 Å². The van der Waals surface area contributed by atoms with Gasteiger partial charge >= 0.3 is 0 Å². The Morgan fingerprint density at radius 1 is 0.895 bits per heavy atom. The summed E-state index contributed by atoms with van der Waals surface area (Å²) in [6.07, 6.45) is 5.41. The van der Waals surface area contributed by atoms with Crippen LogP contribution in [0.5, 0.6) is 0 Å². The molecular formula is C17H26O2. The van der Waals surface area contributed by atoms with Crippen molar-refractivity contribution in [3.63, 3.8) is 0 Å². The minimum atomic E-state index is 0.272. The van der Waals surface area contributed by atoms with Crippen molar-refractivity contribution in [1.29, 1.82) is 0 Å². The van der Waals surface area contributed by atoms with E-state index >= 15 is 0 Å². The maximum absolute atomic E-state index is 11.5. The van der Waals surface area contributed by atoms with Gasteiger partial charge in [0.1, 0.15) is 5.78 Å². The van der Waals surface area contributed by atoms with Crippen LogP contribution in [0.1, 0.15) is 69.7 Å². The zero-order valence-corrected chi connectivity index (χ0v) is 12.4. The Balaban J connectivity index is 0.000000459. The van der Waals surface area contributed by atoms with Crippen molar-refractivity contribution in [2.45, 2.75) is 59.3 Å². The molecule has 0 spiro atoms. The second-order valence-electron chi connectivity index (χ2n) is 4.49. The molecule has 0 radical (unpaired) electrons. The molecule has 0 amide bonds. The highest BCUT2D eigenvalue weighted by Gasteiger charge is 2.02. The Morgan fingerprint density at radius 3 is 1.89 bits per heavy atom. The van der Waals surface area contributed by atoms with Crippen LogP contribution in [0.2, 0.25) is 0 Å². The SMILES string of the molecule is CCC(=O)CC.CCCCCC(=O)c1ccccc1. The summed E-state index contributed by atoms with van der Waals surface area (Å²) in [5.41, 5.74) is 0.846. The van der Waals surface area contributed by atoms with E-state index in [4.69, 9.17) is 0 Å². The molecule has 2 nitrogen and oxygen atoms in total. The average molecular weight is 262 g/mol. The number of hydrogen-bond donors (Lipinski definition) is 0. The van der Waals surface area contributed by atoms with Crippen LogP contribution < -0.4 is 0 Å². The molecule has 0 saturated carbocycles. The molecule has 19 heavy (non-hydrogen) atoms. The van der Waals surface area contributed by atoms with Crippen LogP contribution >= 0.6 is 0 Å². The molecule has 2 heteroatoms. The van der Waals surface area contributed by atoms with E-state index in [0.29, 0.717) is 25.0 Å². The van der Waals surface area contributed by atoms with Gasteiger partial charge < -0.3 is 0 Å². The molecule has 0 heterocycles. The lowest BCUT2D eigenvalue weighted by Crippen LogP contribution is -1.97. The molecule has 1 aromatic carbocycles. The minimum absolute atomic E-state index is 0.272. The van der Waals surface area contributed by atoms with Crippen LogP contribution in [-0.4, -0.2) is 11.6 Å². The number of Topliss-reactive ketones (excluding diaryl/α,β-unsaturated/α-hetero) is 2. The van der Waals surface area contributed by atoms with Crippen LogP contribution in [0, 0.1) is 0 Å². The maximum atomic E-state index is 11.5. The van der Waals surface area contributed by atoms with E-state index in [9.17, 15) is 9.59 Å². The van der Waals surface area contributed by atoms with Crippen molar-refractivity contribution in [3.05, 3.63) is 35.9 Å². The normalized spacial score (nSPS) is 9.42. The molecule has 0 saturated heterocycles. The van der Waals surface area contributed by atoms with Crippen LogP contribution in [-0.2, 0) is 4.79 Å². The molecule has 1 rings (SSSR count). The van der Waals surface area contributed by atoms with E-state index in [2.05, 4.69) is 6.92 Å². The summed E-state index contributed by atoms with van der Waals surface area (Å²) < 4.78 is 0. The summed E-state index contributed by atoms with van der Waals surface area (Å²) in [4.78, 5) is 21.7. The van der Waals surface area contributed by atoms with Crippen molar-refractivity contribution in [1.82, 2.24) is 0 Å². The Morgan fingerprint density at radius 2 is 1.47 bits per heavy atom. The predicted octanol–water partition coefficient (Wildman–Crippen LogP) is 4.83. The molecule has 0 unspecified atom stereocenters. The van der Waals surface area contributed by atoms with Gasteiger partial charge in [0.05, 0.1) is 0 Å². The second kappa shape index (κ2) is 11.6. The summed E-state index contributed by atoms with van der Waals surface area (Å²) in [6, 6.07) is 9.52. The fourth-order valence-electron chi connectivity index (χ4n) is 1.55. The van der Waals surface area contributed by atoms with Gasteiger partial charge in [-0.25, -0.2) is 0 Å². The number of unbranched alkanes of at least 4 members (excludes halogenated alkanes) is 2. The summed E-state index contributed by atoms with van der Waals surface area (Å²) in [6.45, 7) is 5.91. The predicted molar refractivity (Wildman–Crippen MR) is 80.5 cm³/mol. The molecule has 0 aliphatic carbocycles. The lowest BCUT2D eigenvalue weighted by atomic mass is 10.1. The molecule has 0 atom stereocenters. The molecular weight excluding hydrogens is 236 g/mol. The van der Waals surface area contributed by atoms with E-state index in [1.165, 1.54) is 6.42 Å². The van der Waals surface area contributed by atoms with Gasteiger partial charge in [-0.1, -0.05) is 63.9 Å². The minimum Gasteiger partial charge on any atom is -0.300 e. The Hall–Kier alpha value is -1.44. The first-order chi connectivity index (χ1) is 9.15. The number of benzene rings is 1. The van der Waals surface area contributed by atoms with Crippen LogP contribution in [0.4, 0.5) is 0 Å². The molecule has 0 fully saturated rings. The highest BCUT2D eigenvalue weighted by molar-refractivity contribution is 5.95. The van der Waals surface area contributed by atoms with Crippen LogP contribution in [0.3, 0.4) is 0 Å². The summed E-state index contributed by atoms with van der Waals surface area (Å²) in [5.74, 6) is 0.615. The zero-order valence-electron chi connectivity index (χ0n) is 12.4. The van der Waals surface area contributed by atoms with Gasteiger partial charge in [-0.15, -0.1) is 0 Å². The van der Waals surface area contributed by atoms with Gasteiger partial charge in [-0.2, -0.15) is 0 Å². The second-order valence-corrected chi connectivity index (χ2v) is 4.49. The first-order valence-electron chi connectivity index (χ1n) is 7.25. The number of hydrogen-bond acceptors (Lipinski definition) is 2. The number of ketones is 2. The summed E-state index contributed by atoms with van der Waals surface area (Å²) >= 11 is 0. The quantitative estimate of drug-likeness (QED) is 0.521. The van der Waals surface area contributed by atoms with E-state index in [0.717, 1.165) is 18.4 Å². The average Bonchev–Trinajstić information content (AvgIpc) is 2.48. The third-order valence-electron chi connectivity index (χ3n) is 2.89. The van der Waals surface area contributed by atoms with E-state index < -0.39 is 0 Å². The van der Waals surface area contributed by atoms with E-state index in [-0.39, 0.29) is 5.78 Å². The van der Waals surface area contributed by atoms with Crippen LogP contribution in [0.25, 0.3) is 0 Å². The van der Waals surface area contributed by atoms with Crippen molar-refractivity contribution in [3.8, 4) is 0 Å². The van der Waals surface area contributed by atoms with Crippen molar-refractivity contribution in [2.24, 2.45) is 0 Å². The highest BCUT2D eigenvalue weighted by atomic mass is 16.1. The van der Waals surface area contributed by atoms with Crippen molar-refractivity contribution >= 4 is 11.6 Å². The molecule has 106 valence electrons. The highest BCUT2D eigenvalue weighted by Crippen LogP contribution is 2.07. The van der Waals surface area contributed by atoms with E-state index in [1.54, 1.807) is 0 Å². The van der Waals surface area contributed by atoms with Crippen LogP contribution in [0.15, 0.2) is 30.3 Å². The Bertz CT molecular complexity index is 349. The molecule has 0 bridgehead atoms. The topological polar surface area (TPSA) is 34.1 Å². The molecule has 0 N–H and O–H groups in total. The smallest absolute Gasteiger partial charge is 0.162 e. The first kappa shape index (κ1) is 17.6. The lowest BCUT2D eigenvalue weighted by molar-refractivity contribution is -0.118. The van der Waals surface area contributed by atoms with Gasteiger partial charge in [0.15, 0.2) is 5.78 Å². The summed E-state index contributed by atoms with van der Waals surface area (Å²) in [7, 11) is 0. The van der Waals surface area contributed by atoms with E-state index in [1.807, 2.05) is 44.2 Å². The monoisotopic (exact) mass is 262 g/mol. The Labute approximate surface area is 117 Å². The lowest BCUT2D eigenvalue weighted by Gasteiger charge is -1.99. The molecule has 1 aromatic rings. The number of carbonyl (C=O) groups is 2. The van der Waals surface area contributed by atoms with Gasteiger partial charge in [0.2, 0.25) is 0 Å². The number of rotatable bonds is 7. The fraction of sp³-hybridized carbons (Fsp3) is 0.529. The standard InChI is InChI=1S/C12H16O.C5H10O/c1-2-3-5-10-12(13)11-8-6-4-7-9-11;1-3-5(6)4-2/h4,6-9H,2-3,5,10H2,1H3;3-4H2,1-2H3.